The average Bonchev–Trinajstić information content (AvgIpc) is 2.63. The maximum absolute atomic E-state index is 13.3. The number of hydrogen-bond donors (Lipinski definition) is 0. The number of rotatable bonds is 6. The van der Waals surface area contributed by atoms with Crippen LogP contribution in [0.1, 0.15) is 51.4 Å². The third-order valence-electron chi connectivity index (χ3n) is 4.59. The highest BCUT2D eigenvalue weighted by molar-refractivity contribution is 7.89. The Kier molecular flexibility index (Phi) is 7.52. The monoisotopic (exact) mass is 441 g/mol. The number of sulfonamides is 1. The van der Waals surface area contributed by atoms with Crippen LogP contribution < -0.4 is 4.74 Å². The molecule has 1 aliphatic rings. The van der Waals surface area contributed by atoms with Gasteiger partial charge in [-0.15, -0.1) is 0 Å². The van der Waals surface area contributed by atoms with Gasteiger partial charge in [0.1, 0.15) is 16.2 Å². The van der Waals surface area contributed by atoms with E-state index >= 15 is 0 Å². The molecule has 9 heteroatoms. The van der Waals surface area contributed by atoms with Crippen LogP contribution in [-0.2, 0) is 24.3 Å². The zero-order valence-corrected chi connectivity index (χ0v) is 19.2. The fourth-order valence-electron chi connectivity index (χ4n) is 3.53. The van der Waals surface area contributed by atoms with Gasteiger partial charge in [-0.1, -0.05) is 13.8 Å². The molecule has 0 aromatic heterocycles. The van der Waals surface area contributed by atoms with Crippen molar-refractivity contribution in [2.45, 2.75) is 51.5 Å². The van der Waals surface area contributed by atoms with E-state index < -0.39 is 34.2 Å². The third-order valence-corrected chi connectivity index (χ3v) is 6.45. The van der Waals surface area contributed by atoms with Crippen molar-refractivity contribution in [1.29, 1.82) is 0 Å². The van der Waals surface area contributed by atoms with Gasteiger partial charge < -0.3 is 14.2 Å². The molecule has 1 aliphatic heterocycles. The van der Waals surface area contributed by atoms with E-state index in [9.17, 15) is 18.0 Å². The molecule has 2 unspecified atom stereocenters. The van der Waals surface area contributed by atoms with Crippen LogP contribution in [0.3, 0.4) is 0 Å². The largest absolute Gasteiger partial charge is 0.495 e. The Morgan fingerprint density at radius 2 is 1.73 bits per heavy atom. The van der Waals surface area contributed by atoms with Crippen LogP contribution in [0.5, 0.6) is 5.75 Å². The second-order valence-corrected chi connectivity index (χ2v) is 10.7. The lowest BCUT2D eigenvalue weighted by Gasteiger charge is -2.34. The van der Waals surface area contributed by atoms with Gasteiger partial charge in [0, 0.05) is 13.1 Å². The highest BCUT2D eigenvalue weighted by atomic mass is 32.2. The predicted octanol–water partition coefficient (Wildman–Crippen LogP) is 2.86. The van der Waals surface area contributed by atoms with Crippen LogP contribution in [0.4, 0.5) is 0 Å². The fourth-order valence-corrected chi connectivity index (χ4v) is 5.39. The van der Waals surface area contributed by atoms with Crippen molar-refractivity contribution in [1.82, 2.24) is 4.31 Å². The molecule has 1 saturated heterocycles. The summed E-state index contributed by atoms with van der Waals surface area (Å²) in [5, 5.41) is 0. The Labute approximate surface area is 178 Å². The van der Waals surface area contributed by atoms with Gasteiger partial charge >= 0.3 is 11.9 Å². The molecular formula is C21H31NO7S. The summed E-state index contributed by atoms with van der Waals surface area (Å²) in [5.41, 5.74) is -0.691. The Balaban J connectivity index is 2.24. The summed E-state index contributed by atoms with van der Waals surface area (Å²) in [7, 11) is -2.50. The minimum atomic E-state index is -3.87. The van der Waals surface area contributed by atoms with Crippen molar-refractivity contribution in [2.75, 3.05) is 26.8 Å². The third kappa shape index (κ3) is 6.18. The Morgan fingerprint density at radius 1 is 1.13 bits per heavy atom. The van der Waals surface area contributed by atoms with E-state index in [2.05, 4.69) is 0 Å². The lowest BCUT2D eigenvalue weighted by molar-refractivity contribution is -0.158. The van der Waals surface area contributed by atoms with Gasteiger partial charge in [0.15, 0.2) is 6.61 Å². The molecule has 0 radical (unpaired) electrons. The van der Waals surface area contributed by atoms with Gasteiger partial charge in [0.05, 0.1) is 12.7 Å². The van der Waals surface area contributed by atoms with Crippen molar-refractivity contribution >= 4 is 22.0 Å². The number of nitrogens with zero attached hydrogens (tertiary/aromatic N) is 1. The first-order valence-electron chi connectivity index (χ1n) is 9.90. The van der Waals surface area contributed by atoms with Crippen LogP contribution >= 0.6 is 0 Å². The number of piperidine rings is 1. The topological polar surface area (TPSA) is 99.2 Å². The molecule has 2 atom stereocenters. The van der Waals surface area contributed by atoms with E-state index in [4.69, 9.17) is 14.2 Å². The number of benzene rings is 1. The zero-order chi connectivity index (χ0) is 22.7. The number of esters is 2. The van der Waals surface area contributed by atoms with E-state index in [1.165, 1.54) is 29.6 Å². The second-order valence-electron chi connectivity index (χ2n) is 8.80. The molecule has 1 aromatic carbocycles. The lowest BCUT2D eigenvalue weighted by atomic mass is 9.94. The standard InChI is InChI=1S/C21H31NO7S/c1-14-9-15(2)12-22(11-14)30(25,26)18-10-16(7-8-17(18)27-6)20(24)28-13-19(23)29-21(3,4)5/h7-8,10,14-15H,9,11-13H2,1-6H3. The number of ether oxygens (including phenoxy) is 3. The average molecular weight is 442 g/mol. The zero-order valence-electron chi connectivity index (χ0n) is 18.4. The van der Waals surface area contributed by atoms with Crippen LogP contribution in [0.2, 0.25) is 0 Å². The summed E-state index contributed by atoms with van der Waals surface area (Å²) in [6.07, 6.45) is 0.959. The van der Waals surface area contributed by atoms with Crippen LogP contribution in [0.25, 0.3) is 0 Å². The number of carbonyl (C=O) groups is 2. The summed E-state index contributed by atoms with van der Waals surface area (Å²) in [4.78, 5) is 24.1. The van der Waals surface area contributed by atoms with E-state index in [1.807, 2.05) is 13.8 Å². The molecule has 8 nitrogen and oxygen atoms in total. The molecule has 0 amide bonds. The highest BCUT2D eigenvalue weighted by Crippen LogP contribution is 2.32. The van der Waals surface area contributed by atoms with Crippen LogP contribution in [0.15, 0.2) is 23.1 Å². The van der Waals surface area contributed by atoms with E-state index in [0.717, 1.165) is 6.42 Å². The Morgan fingerprint density at radius 3 is 2.27 bits per heavy atom. The quantitative estimate of drug-likeness (QED) is 0.626. The lowest BCUT2D eigenvalue weighted by Crippen LogP contribution is -2.42. The molecule has 168 valence electrons. The number of carbonyl (C=O) groups excluding carboxylic acids is 2. The molecule has 0 spiro atoms. The molecule has 2 rings (SSSR count). The normalized spacial score (nSPS) is 20.5. The van der Waals surface area contributed by atoms with Gasteiger partial charge in [-0.05, 0) is 57.2 Å². The van der Waals surface area contributed by atoms with Crippen molar-refractivity contribution in [3.63, 3.8) is 0 Å². The van der Waals surface area contributed by atoms with Crippen molar-refractivity contribution in [3.8, 4) is 5.75 Å². The Bertz CT molecular complexity index is 879. The molecule has 0 N–H and O–H groups in total. The first kappa shape index (κ1) is 24.1. The molecule has 1 heterocycles. The maximum atomic E-state index is 13.3. The summed E-state index contributed by atoms with van der Waals surface area (Å²) in [5.74, 6) is -0.897. The summed E-state index contributed by atoms with van der Waals surface area (Å²) < 4.78 is 43.3. The first-order chi connectivity index (χ1) is 13.8. The smallest absolute Gasteiger partial charge is 0.344 e. The molecular weight excluding hydrogens is 410 g/mol. The Hall–Kier alpha value is -2.13. The first-order valence-corrected chi connectivity index (χ1v) is 11.3. The fraction of sp³-hybridized carbons (Fsp3) is 0.619. The summed E-state index contributed by atoms with van der Waals surface area (Å²) >= 11 is 0. The van der Waals surface area contributed by atoms with E-state index in [0.29, 0.717) is 13.1 Å². The van der Waals surface area contributed by atoms with Gasteiger partial charge in [0.25, 0.3) is 0 Å². The molecule has 0 aliphatic carbocycles. The SMILES string of the molecule is COc1ccc(C(=O)OCC(=O)OC(C)(C)C)cc1S(=O)(=O)N1CC(C)CC(C)C1. The summed E-state index contributed by atoms with van der Waals surface area (Å²) in [6, 6.07) is 4.04. The molecule has 0 saturated carbocycles. The maximum Gasteiger partial charge on any atom is 0.344 e. The van der Waals surface area contributed by atoms with Crippen molar-refractivity contribution in [2.24, 2.45) is 11.8 Å². The van der Waals surface area contributed by atoms with Gasteiger partial charge in [-0.25, -0.2) is 18.0 Å². The van der Waals surface area contributed by atoms with Crippen LogP contribution in [0, 0.1) is 11.8 Å². The molecule has 0 bridgehead atoms. The molecule has 1 fully saturated rings. The number of methoxy groups -OCH3 is 1. The minimum Gasteiger partial charge on any atom is -0.495 e. The van der Waals surface area contributed by atoms with Crippen molar-refractivity contribution < 1.29 is 32.2 Å². The molecule has 30 heavy (non-hydrogen) atoms. The second kappa shape index (κ2) is 9.34. The van der Waals surface area contributed by atoms with Crippen LogP contribution in [-0.4, -0.2) is 57.1 Å². The predicted molar refractivity (Wildman–Crippen MR) is 111 cm³/mol. The molecule has 1 aromatic rings. The van der Waals surface area contributed by atoms with Crippen molar-refractivity contribution in [3.05, 3.63) is 23.8 Å². The van der Waals surface area contributed by atoms with E-state index in [-0.39, 0.29) is 28.0 Å². The van der Waals surface area contributed by atoms with E-state index in [1.54, 1.807) is 20.8 Å². The summed E-state index contributed by atoms with van der Waals surface area (Å²) in [6.45, 7) is 9.39. The highest BCUT2D eigenvalue weighted by Gasteiger charge is 2.34. The number of hydrogen-bond acceptors (Lipinski definition) is 7. The van der Waals surface area contributed by atoms with Gasteiger partial charge in [-0.2, -0.15) is 4.31 Å². The van der Waals surface area contributed by atoms with Gasteiger partial charge in [-0.3, -0.25) is 0 Å². The minimum absolute atomic E-state index is 0.0102. The van der Waals surface area contributed by atoms with Gasteiger partial charge in [0.2, 0.25) is 10.0 Å².